The molecule has 2 aromatic heterocycles. The molecule has 1 saturated heterocycles. The number of hydrogen-bond donors (Lipinski definition) is 1. The van der Waals surface area contributed by atoms with E-state index in [0.29, 0.717) is 35.4 Å². The first-order chi connectivity index (χ1) is 19.0. The molecule has 0 spiro atoms. The minimum atomic E-state index is -0.430. The molecule has 1 amide bonds. The van der Waals surface area contributed by atoms with Crippen LogP contribution in [-0.2, 0) is 24.2 Å². The molecular weight excluding hydrogens is 519 g/mol. The molecule has 1 aliphatic heterocycles. The fraction of sp³-hybridized carbons (Fsp3) is 0.483. The third-order valence-electron chi connectivity index (χ3n) is 7.84. The lowest BCUT2D eigenvalue weighted by Crippen LogP contribution is -2.35. The van der Waals surface area contributed by atoms with Gasteiger partial charge in [-0.25, -0.2) is 24.3 Å². The Balaban J connectivity index is 1.01. The summed E-state index contributed by atoms with van der Waals surface area (Å²) in [5.74, 6) is 2.72. The van der Waals surface area contributed by atoms with Gasteiger partial charge in [-0.3, -0.25) is 4.79 Å². The second kappa shape index (κ2) is 12.7. The van der Waals surface area contributed by atoms with Crippen LogP contribution in [0.1, 0.15) is 49.4 Å². The summed E-state index contributed by atoms with van der Waals surface area (Å²) < 4.78 is 20.5. The monoisotopic (exact) mass is 552 g/mol. The molecule has 206 valence electrons. The van der Waals surface area contributed by atoms with Crippen LogP contribution in [0, 0.1) is 23.6 Å². The average Bonchev–Trinajstić information content (AvgIpc) is 3.73. The number of aromatic nitrogens is 4. The molecule has 1 aromatic carbocycles. The Bertz CT molecular complexity index is 1270. The maximum atomic E-state index is 14.7. The number of anilines is 1. The molecule has 2 aliphatic rings. The number of piperidine rings is 1. The van der Waals surface area contributed by atoms with Crippen molar-refractivity contribution >= 4 is 23.5 Å². The average molecular weight is 553 g/mol. The summed E-state index contributed by atoms with van der Waals surface area (Å²) in [5.41, 5.74) is 2.11. The Labute approximate surface area is 233 Å². The third kappa shape index (κ3) is 7.20. The summed E-state index contributed by atoms with van der Waals surface area (Å²) in [6, 6.07) is 4.75. The van der Waals surface area contributed by atoms with Crippen LogP contribution < -0.4 is 15.0 Å². The number of hydrogen-bond acceptors (Lipinski definition) is 7. The largest absolute Gasteiger partial charge is 0.493 e. The number of rotatable bonds is 11. The van der Waals surface area contributed by atoms with Gasteiger partial charge in [-0.05, 0) is 61.5 Å². The van der Waals surface area contributed by atoms with Crippen molar-refractivity contribution in [2.75, 3.05) is 24.6 Å². The zero-order chi connectivity index (χ0) is 27.2. The highest BCUT2D eigenvalue weighted by Gasteiger charge is 2.43. The van der Waals surface area contributed by atoms with Gasteiger partial charge in [0.2, 0.25) is 11.9 Å². The first kappa shape index (κ1) is 27.2. The van der Waals surface area contributed by atoms with Crippen molar-refractivity contribution in [3.05, 3.63) is 70.8 Å². The van der Waals surface area contributed by atoms with E-state index in [1.54, 1.807) is 30.7 Å². The zero-order valence-electron chi connectivity index (χ0n) is 22.2. The summed E-state index contributed by atoms with van der Waals surface area (Å²) in [5, 5.41) is 3.39. The molecule has 1 N–H and O–H groups in total. The van der Waals surface area contributed by atoms with Crippen molar-refractivity contribution < 1.29 is 13.9 Å². The molecule has 10 heteroatoms. The molecule has 0 radical (unpaired) electrons. The Kier molecular flexibility index (Phi) is 8.86. The standard InChI is InChI=1S/C29H34ClFN6O2/c1-2-27-22(14-32-18-36-27)15-33-28(38)12-21-3-4-24(13-26(21)31)39-10-7-20-11-25(20)19-5-8-37(9-6-19)29-34-16-23(30)17-35-29/h3-4,13-14,16-20,25H,2,5-12,15H2,1H3,(H,33,38). The summed E-state index contributed by atoms with van der Waals surface area (Å²) in [6.45, 7) is 4.83. The number of amides is 1. The maximum Gasteiger partial charge on any atom is 0.225 e. The third-order valence-corrected chi connectivity index (χ3v) is 8.03. The molecule has 2 unspecified atom stereocenters. The smallest absolute Gasteiger partial charge is 0.225 e. The van der Waals surface area contributed by atoms with E-state index < -0.39 is 5.82 Å². The fourth-order valence-electron chi connectivity index (χ4n) is 5.55. The van der Waals surface area contributed by atoms with Crippen LogP contribution in [0.3, 0.4) is 0 Å². The lowest BCUT2D eigenvalue weighted by atomic mass is 9.90. The Morgan fingerprint density at radius 3 is 2.69 bits per heavy atom. The minimum Gasteiger partial charge on any atom is -0.493 e. The van der Waals surface area contributed by atoms with Crippen LogP contribution in [0.4, 0.5) is 10.3 Å². The second-order valence-corrected chi connectivity index (χ2v) is 10.8. The lowest BCUT2D eigenvalue weighted by Gasteiger charge is -2.32. The topological polar surface area (TPSA) is 93.1 Å². The molecule has 2 fully saturated rings. The van der Waals surface area contributed by atoms with Gasteiger partial charge in [0.15, 0.2) is 0 Å². The molecule has 3 aromatic rings. The van der Waals surface area contributed by atoms with Crippen molar-refractivity contribution in [1.29, 1.82) is 0 Å². The highest BCUT2D eigenvalue weighted by Crippen LogP contribution is 2.49. The van der Waals surface area contributed by atoms with Gasteiger partial charge in [0.25, 0.3) is 0 Å². The molecule has 2 atom stereocenters. The van der Waals surface area contributed by atoms with Crippen molar-refractivity contribution in [2.24, 2.45) is 17.8 Å². The summed E-state index contributed by atoms with van der Waals surface area (Å²) >= 11 is 5.90. The quantitative estimate of drug-likeness (QED) is 0.365. The normalized spacial score (nSPS) is 19.1. The number of benzene rings is 1. The molecule has 1 aliphatic carbocycles. The lowest BCUT2D eigenvalue weighted by molar-refractivity contribution is -0.120. The van der Waals surface area contributed by atoms with Gasteiger partial charge in [-0.1, -0.05) is 24.6 Å². The van der Waals surface area contributed by atoms with Crippen LogP contribution in [0.25, 0.3) is 0 Å². The number of nitrogens with zero attached hydrogens (tertiary/aromatic N) is 5. The van der Waals surface area contributed by atoms with E-state index in [9.17, 15) is 9.18 Å². The van der Waals surface area contributed by atoms with E-state index >= 15 is 0 Å². The zero-order valence-corrected chi connectivity index (χ0v) is 22.9. The van der Waals surface area contributed by atoms with E-state index in [-0.39, 0.29) is 12.3 Å². The summed E-state index contributed by atoms with van der Waals surface area (Å²) in [6.07, 6.45) is 11.7. The Hall–Kier alpha value is -3.33. The van der Waals surface area contributed by atoms with E-state index in [1.165, 1.54) is 18.8 Å². The Morgan fingerprint density at radius 2 is 1.95 bits per heavy atom. The number of carbonyl (C=O) groups excluding carboxylic acids is 1. The second-order valence-electron chi connectivity index (χ2n) is 10.4. The first-order valence-electron chi connectivity index (χ1n) is 13.7. The van der Waals surface area contributed by atoms with Gasteiger partial charge in [0.05, 0.1) is 30.4 Å². The highest BCUT2D eigenvalue weighted by molar-refractivity contribution is 6.30. The number of aryl methyl sites for hydroxylation is 1. The van der Waals surface area contributed by atoms with Gasteiger partial charge >= 0.3 is 0 Å². The number of carbonyl (C=O) groups is 1. The van der Waals surface area contributed by atoms with Gasteiger partial charge in [0.1, 0.15) is 17.9 Å². The van der Waals surface area contributed by atoms with Gasteiger partial charge in [-0.15, -0.1) is 0 Å². The molecule has 3 heterocycles. The molecule has 39 heavy (non-hydrogen) atoms. The number of ether oxygens (including phenoxy) is 1. The SMILES string of the molecule is CCc1ncncc1CNC(=O)Cc1ccc(OCCC2CC2C2CCN(c3ncc(Cl)cn3)CC2)cc1F. The number of nitrogens with one attached hydrogen (secondary N) is 1. The summed E-state index contributed by atoms with van der Waals surface area (Å²) in [7, 11) is 0. The summed E-state index contributed by atoms with van der Waals surface area (Å²) in [4.78, 5) is 31.5. The minimum absolute atomic E-state index is 0.0338. The van der Waals surface area contributed by atoms with Crippen molar-refractivity contribution in [1.82, 2.24) is 25.3 Å². The van der Waals surface area contributed by atoms with Crippen molar-refractivity contribution in [3.63, 3.8) is 0 Å². The van der Waals surface area contributed by atoms with Crippen LogP contribution in [0.2, 0.25) is 5.02 Å². The maximum absolute atomic E-state index is 14.7. The first-order valence-corrected chi connectivity index (χ1v) is 14.1. The highest BCUT2D eigenvalue weighted by atomic mass is 35.5. The molecule has 0 bridgehead atoms. The molecule has 8 nitrogen and oxygen atoms in total. The van der Waals surface area contributed by atoms with Crippen molar-refractivity contribution in [3.8, 4) is 5.75 Å². The van der Waals surface area contributed by atoms with Gasteiger partial charge in [0, 0.05) is 43.2 Å². The predicted molar refractivity (Wildman–Crippen MR) is 147 cm³/mol. The fourth-order valence-corrected chi connectivity index (χ4v) is 5.64. The van der Waals surface area contributed by atoms with E-state index in [1.807, 2.05) is 6.92 Å². The molecular formula is C29H34ClFN6O2. The van der Waals surface area contributed by atoms with Crippen LogP contribution in [0.15, 0.2) is 43.1 Å². The van der Waals surface area contributed by atoms with E-state index in [0.717, 1.165) is 67.8 Å². The van der Waals surface area contributed by atoms with Crippen LogP contribution >= 0.6 is 11.6 Å². The van der Waals surface area contributed by atoms with Gasteiger partial charge < -0.3 is 15.0 Å². The van der Waals surface area contributed by atoms with E-state index in [2.05, 4.69) is 30.2 Å². The Morgan fingerprint density at radius 1 is 1.15 bits per heavy atom. The van der Waals surface area contributed by atoms with Crippen LogP contribution in [0.5, 0.6) is 5.75 Å². The van der Waals surface area contributed by atoms with Gasteiger partial charge in [-0.2, -0.15) is 0 Å². The van der Waals surface area contributed by atoms with Crippen molar-refractivity contribution in [2.45, 2.75) is 52.0 Å². The van der Waals surface area contributed by atoms with E-state index in [4.69, 9.17) is 16.3 Å². The van der Waals surface area contributed by atoms with Crippen LogP contribution in [-0.4, -0.2) is 45.5 Å². The predicted octanol–water partition coefficient (Wildman–Crippen LogP) is 4.80. The number of halogens is 2. The molecule has 1 saturated carbocycles. The molecule has 5 rings (SSSR count).